The third-order valence-corrected chi connectivity index (χ3v) is 3.23. The van der Waals surface area contributed by atoms with Crippen molar-refractivity contribution in [2.45, 2.75) is 12.2 Å². The van der Waals surface area contributed by atoms with E-state index in [1.807, 2.05) is 0 Å². The summed E-state index contributed by atoms with van der Waals surface area (Å²) in [5, 5.41) is 0. The normalized spacial score (nSPS) is 13.5. The first-order chi connectivity index (χ1) is 10.4. The van der Waals surface area contributed by atoms with E-state index in [0.717, 1.165) is 4.57 Å². The topological polar surface area (TPSA) is 65.3 Å². The van der Waals surface area contributed by atoms with Crippen molar-refractivity contribution in [1.29, 1.82) is 0 Å². The van der Waals surface area contributed by atoms with E-state index in [-0.39, 0.29) is 11.3 Å². The third-order valence-electron chi connectivity index (χ3n) is 3.23. The zero-order valence-corrected chi connectivity index (χ0v) is 11.2. The Kier molecular flexibility index (Phi) is 3.25. The number of hydrogen-bond acceptors (Lipinski definition) is 3. The Morgan fingerprint density at radius 2 is 1.77 bits per heavy atom. The molecule has 8 heteroatoms. The molecule has 2 heterocycles. The number of rotatable bonds is 2. The molecule has 0 saturated carbocycles. The third kappa shape index (κ3) is 2.27. The molecule has 2 N–H and O–H groups in total. The molecular formula is C14H11F3N4O. The lowest BCUT2D eigenvalue weighted by atomic mass is 10.2. The smallest absolute Gasteiger partial charge is 0.314 e. The Hall–Kier alpha value is -2.61. The van der Waals surface area contributed by atoms with Crippen molar-refractivity contribution in [2.24, 2.45) is 5.73 Å². The van der Waals surface area contributed by atoms with Gasteiger partial charge in [0.15, 0.2) is 6.04 Å². The molecular weight excluding hydrogens is 297 g/mol. The van der Waals surface area contributed by atoms with E-state index in [1.54, 1.807) is 18.2 Å². The van der Waals surface area contributed by atoms with Crippen LogP contribution in [0.3, 0.4) is 0 Å². The molecule has 2 aromatic heterocycles. The van der Waals surface area contributed by atoms with Crippen LogP contribution in [0.2, 0.25) is 0 Å². The Bertz CT molecular complexity index is 867. The first-order valence-corrected chi connectivity index (χ1v) is 6.37. The summed E-state index contributed by atoms with van der Waals surface area (Å²) in [4.78, 5) is 16.4. The minimum Gasteiger partial charge on any atom is -0.314 e. The van der Waals surface area contributed by atoms with Gasteiger partial charge in [0.2, 0.25) is 0 Å². The van der Waals surface area contributed by atoms with Crippen LogP contribution in [0.1, 0.15) is 11.9 Å². The quantitative estimate of drug-likeness (QED) is 0.788. The van der Waals surface area contributed by atoms with E-state index in [1.165, 1.54) is 34.9 Å². The molecule has 114 valence electrons. The number of aromatic nitrogens is 3. The van der Waals surface area contributed by atoms with Crippen LogP contribution < -0.4 is 11.4 Å². The van der Waals surface area contributed by atoms with Crippen LogP contribution >= 0.6 is 0 Å². The van der Waals surface area contributed by atoms with Gasteiger partial charge in [-0.2, -0.15) is 13.2 Å². The number of hydrogen-bond donors (Lipinski definition) is 1. The minimum atomic E-state index is -4.71. The SMILES string of the molecule is NC(c1nc2cccn2c(=O)n1-c1ccccc1)C(F)(F)F. The van der Waals surface area contributed by atoms with E-state index in [4.69, 9.17) is 5.73 Å². The van der Waals surface area contributed by atoms with Crippen LogP contribution in [0, 0.1) is 0 Å². The van der Waals surface area contributed by atoms with Gasteiger partial charge in [0.05, 0.1) is 5.69 Å². The summed E-state index contributed by atoms with van der Waals surface area (Å²) in [5.74, 6) is -0.546. The molecule has 0 amide bonds. The van der Waals surface area contributed by atoms with E-state index < -0.39 is 23.7 Å². The molecule has 3 rings (SSSR count). The van der Waals surface area contributed by atoms with Gasteiger partial charge in [-0.3, -0.25) is 4.40 Å². The minimum absolute atomic E-state index is 0.117. The largest absolute Gasteiger partial charge is 0.410 e. The molecule has 0 bridgehead atoms. The Morgan fingerprint density at radius 1 is 1.09 bits per heavy atom. The van der Waals surface area contributed by atoms with Crippen LogP contribution in [0.4, 0.5) is 13.2 Å². The highest BCUT2D eigenvalue weighted by molar-refractivity contribution is 5.41. The number of alkyl halides is 3. The van der Waals surface area contributed by atoms with Crippen molar-refractivity contribution in [2.75, 3.05) is 0 Å². The van der Waals surface area contributed by atoms with Gasteiger partial charge in [-0.25, -0.2) is 14.3 Å². The molecule has 5 nitrogen and oxygen atoms in total. The van der Waals surface area contributed by atoms with Gasteiger partial charge in [0.25, 0.3) is 0 Å². The molecule has 0 fully saturated rings. The molecule has 1 aromatic carbocycles. The first kappa shape index (κ1) is 14.3. The van der Waals surface area contributed by atoms with Crippen molar-refractivity contribution >= 4 is 5.65 Å². The lowest BCUT2D eigenvalue weighted by Gasteiger charge is -2.19. The van der Waals surface area contributed by atoms with Gasteiger partial charge >= 0.3 is 11.9 Å². The van der Waals surface area contributed by atoms with Crippen molar-refractivity contribution in [3.63, 3.8) is 0 Å². The van der Waals surface area contributed by atoms with Gasteiger partial charge in [-0.15, -0.1) is 0 Å². The highest BCUT2D eigenvalue weighted by Gasteiger charge is 2.41. The second kappa shape index (κ2) is 4.99. The highest BCUT2D eigenvalue weighted by atomic mass is 19.4. The second-order valence-corrected chi connectivity index (χ2v) is 4.68. The van der Waals surface area contributed by atoms with Crippen LogP contribution in [-0.4, -0.2) is 20.1 Å². The number of nitrogens with zero attached hydrogens (tertiary/aromatic N) is 3. The van der Waals surface area contributed by atoms with Crippen molar-refractivity contribution < 1.29 is 13.2 Å². The fourth-order valence-corrected chi connectivity index (χ4v) is 2.17. The maximum atomic E-state index is 13.0. The molecule has 0 spiro atoms. The maximum absolute atomic E-state index is 13.0. The maximum Gasteiger partial charge on any atom is 0.410 e. The molecule has 0 saturated heterocycles. The van der Waals surface area contributed by atoms with E-state index in [0.29, 0.717) is 0 Å². The summed E-state index contributed by atoms with van der Waals surface area (Å²) in [6.07, 6.45) is -3.27. The number of para-hydroxylation sites is 1. The van der Waals surface area contributed by atoms with Gasteiger partial charge < -0.3 is 5.73 Å². The summed E-state index contributed by atoms with van der Waals surface area (Å²) in [5.41, 5.74) is 5.01. The molecule has 0 radical (unpaired) electrons. The highest BCUT2D eigenvalue weighted by Crippen LogP contribution is 2.30. The summed E-state index contributed by atoms with van der Waals surface area (Å²) in [6, 6.07) is 8.58. The molecule has 0 aliphatic carbocycles. The molecule has 0 aliphatic heterocycles. The van der Waals surface area contributed by atoms with Gasteiger partial charge in [0, 0.05) is 6.20 Å². The molecule has 1 unspecified atom stereocenters. The number of nitrogens with two attached hydrogens (primary N) is 1. The molecule has 3 aromatic rings. The average molecular weight is 308 g/mol. The number of fused-ring (bicyclic) bond motifs is 1. The lowest BCUT2D eigenvalue weighted by Crippen LogP contribution is -2.37. The molecule has 0 aliphatic rings. The van der Waals surface area contributed by atoms with Crippen LogP contribution in [0.5, 0.6) is 0 Å². The van der Waals surface area contributed by atoms with E-state index >= 15 is 0 Å². The average Bonchev–Trinajstić information content (AvgIpc) is 2.95. The molecule has 22 heavy (non-hydrogen) atoms. The van der Waals surface area contributed by atoms with Crippen LogP contribution in [0.25, 0.3) is 11.3 Å². The standard InChI is InChI=1S/C14H11F3N4O/c15-14(16,17)11(18)12-19-10-7-4-8-20(10)13(22)21(12)9-5-2-1-3-6-9/h1-8,11H,18H2. The van der Waals surface area contributed by atoms with Crippen molar-refractivity contribution in [1.82, 2.24) is 14.0 Å². The fraction of sp³-hybridized carbons (Fsp3) is 0.143. The zero-order valence-electron chi connectivity index (χ0n) is 11.2. The van der Waals surface area contributed by atoms with Gasteiger partial charge in [0.1, 0.15) is 11.5 Å². The number of halogens is 3. The Morgan fingerprint density at radius 3 is 2.41 bits per heavy atom. The summed E-state index contributed by atoms with van der Waals surface area (Å²) in [6.45, 7) is 0. The Balaban J connectivity index is 2.37. The van der Waals surface area contributed by atoms with Gasteiger partial charge in [-0.1, -0.05) is 18.2 Å². The second-order valence-electron chi connectivity index (χ2n) is 4.68. The van der Waals surface area contributed by atoms with E-state index in [9.17, 15) is 18.0 Å². The monoisotopic (exact) mass is 308 g/mol. The van der Waals surface area contributed by atoms with Crippen molar-refractivity contribution in [3.8, 4) is 5.69 Å². The first-order valence-electron chi connectivity index (χ1n) is 6.37. The van der Waals surface area contributed by atoms with E-state index in [2.05, 4.69) is 4.98 Å². The van der Waals surface area contributed by atoms with Crippen LogP contribution in [-0.2, 0) is 0 Å². The summed E-state index contributed by atoms with van der Waals surface area (Å²) < 4.78 is 41.0. The molecule has 1 atom stereocenters. The predicted molar refractivity (Wildman–Crippen MR) is 73.8 cm³/mol. The summed E-state index contributed by atoms with van der Waals surface area (Å²) >= 11 is 0. The zero-order chi connectivity index (χ0) is 15.9. The Labute approximate surface area is 122 Å². The van der Waals surface area contributed by atoms with Crippen LogP contribution in [0.15, 0.2) is 53.5 Å². The fourth-order valence-electron chi connectivity index (χ4n) is 2.17. The number of benzene rings is 1. The lowest BCUT2D eigenvalue weighted by molar-refractivity contribution is -0.151. The summed E-state index contributed by atoms with van der Waals surface area (Å²) in [7, 11) is 0. The van der Waals surface area contributed by atoms with Gasteiger partial charge in [-0.05, 0) is 24.3 Å². The van der Waals surface area contributed by atoms with Crippen molar-refractivity contribution in [3.05, 3.63) is 65.0 Å². The predicted octanol–water partition coefficient (Wildman–Crippen LogP) is 2.05.